The lowest BCUT2D eigenvalue weighted by Gasteiger charge is -2.38. The first-order valence-electron chi connectivity index (χ1n) is 13.9. The van der Waals surface area contributed by atoms with Gasteiger partial charge in [0, 0.05) is 31.2 Å². The molecule has 224 valence electrons. The van der Waals surface area contributed by atoms with Crippen LogP contribution in [0.2, 0.25) is 0 Å². The van der Waals surface area contributed by atoms with Crippen LogP contribution in [0.5, 0.6) is 17.2 Å². The number of nitrogens with one attached hydrogen (secondary N) is 1. The summed E-state index contributed by atoms with van der Waals surface area (Å²) in [5, 5.41) is 9.95. The van der Waals surface area contributed by atoms with Gasteiger partial charge in [-0.1, -0.05) is 30.7 Å². The molecule has 2 aliphatic rings. The summed E-state index contributed by atoms with van der Waals surface area (Å²) in [6.45, 7) is 7.28. The lowest BCUT2D eigenvalue weighted by atomic mass is 9.99. The molecular formula is C31H37N3O7S. The summed E-state index contributed by atoms with van der Waals surface area (Å²) in [4.78, 5) is 17.6. The molecule has 3 atom stereocenters. The number of benzene rings is 3. The summed E-state index contributed by atoms with van der Waals surface area (Å²) in [5.41, 5.74) is 2.49. The molecule has 0 bridgehead atoms. The Bertz CT molecular complexity index is 1540. The minimum Gasteiger partial charge on any atom is -0.488 e. The first-order valence-corrected chi connectivity index (χ1v) is 15.4. The number of carbonyl (C=O) groups is 1. The Kier molecular flexibility index (Phi) is 8.63. The van der Waals surface area contributed by atoms with Gasteiger partial charge < -0.3 is 24.2 Å². The molecule has 0 fully saturated rings. The molecule has 2 aliphatic heterocycles. The highest BCUT2D eigenvalue weighted by Gasteiger charge is 2.34. The van der Waals surface area contributed by atoms with E-state index in [0.29, 0.717) is 25.4 Å². The van der Waals surface area contributed by atoms with Crippen LogP contribution in [0.1, 0.15) is 35.3 Å². The molecule has 11 heteroatoms. The lowest BCUT2D eigenvalue weighted by Crippen LogP contribution is -2.49. The predicted octanol–water partition coefficient (Wildman–Crippen LogP) is 3.88. The molecule has 0 unspecified atom stereocenters. The van der Waals surface area contributed by atoms with Gasteiger partial charge in [0.15, 0.2) is 11.5 Å². The van der Waals surface area contributed by atoms with Crippen LogP contribution in [0, 0.1) is 12.8 Å². The van der Waals surface area contributed by atoms with Crippen molar-refractivity contribution in [1.29, 1.82) is 0 Å². The van der Waals surface area contributed by atoms with Crippen LogP contribution in [0.25, 0.3) is 0 Å². The molecule has 0 saturated heterocycles. The van der Waals surface area contributed by atoms with Crippen molar-refractivity contribution in [2.45, 2.75) is 44.4 Å². The van der Waals surface area contributed by atoms with Crippen molar-refractivity contribution >= 4 is 21.6 Å². The van der Waals surface area contributed by atoms with Gasteiger partial charge in [-0.15, -0.1) is 0 Å². The largest absolute Gasteiger partial charge is 0.488 e. The van der Waals surface area contributed by atoms with Crippen molar-refractivity contribution in [1.82, 2.24) is 9.80 Å². The van der Waals surface area contributed by atoms with Gasteiger partial charge in [-0.05, 0) is 68.9 Å². The monoisotopic (exact) mass is 595 g/mol. The zero-order valence-electron chi connectivity index (χ0n) is 24.2. The second kappa shape index (κ2) is 12.2. The summed E-state index contributed by atoms with van der Waals surface area (Å²) < 4.78 is 46.1. The number of fused-ring (bicyclic) bond motifs is 2. The molecule has 2 heterocycles. The number of amides is 1. The number of ether oxygens (including phenoxy) is 3. The van der Waals surface area contributed by atoms with Gasteiger partial charge in [-0.2, -0.15) is 0 Å². The standard InChI is InChI=1S/C31H37N3O7S/c1-20-5-9-25(10-6-20)42(37,38)32-24-8-12-27-26(14-24)31(36)34(22(3)18-35)15-21(2)30(41-27)17-33(4)16-23-7-11-28-29(13-23)40-19-39-28/h5-14,21-22,30,32,35H,15-19H2,1-4H3/t21-,22+,30-/m0/s1. The normalized spacial score (nSPS) is 19.1. The topological polar surface area (TPSA) is 118 Å². The van der Waals surface area contributed by atoms with E-state index in [1.165, 1.54) is 18.2 Å². The molecule has 0 radical (unpaired) electrons. The smallest absolute Gasteiger partial charge is 0.261 e. The van der Waals surface area contributed by atoms with E-state index in [0.717, 1.165) is 22.6 Å². The SMILES string of the molecule is Cc1ccc(S(=O)(=O)Nc2ccc3c(c2)C(=O)N([C@H](C)CO)C[C@H](C)[C@H](CN(C)Cc2ccc4c(c2)OCO4)O3)cc1. The molecule has 3 aromatic carbocycles. The van der Waals surface area contributed by atoms with Gasteiger partial charge >= 0.3 is 0 Å². The molecule has 0 spiro atoms. The van der Waals surface area contributed by atoms with E-state index in [-0.39, 0.29) is 47.5 Å². The second-order valence-electron chi connectivity index (χ2n) is 11.1. The Balaban J connectivity index is 1.40. The number of hydrogen-bond acceptors (Lipinski definition) is 8. The molecule has 0 aliphatic carbocycles. The molecule has 5 rings (SSSR count). The Morgan fingerprint density at radius 3 is 2.50 bits per heavy atom. The number of likely N-dealkylation sites (N-methyl/N-ethyl adjacent to an activating group) is 1. The van der Waals surface area contributed by atoms with Gasteiger partial charge in [-0.25, -0.2) is 8.42 Å². The third kappa shape index (κ3) is 6.48. The number of nitrogens with zero attached hydrogens (tertiary/aromatic N) is 2. The number of rotatable bonds is 9. The predicted molar refractivity (Wildman–Crippen MR) is 158 cm³/mol. The number of aryl methyl sites for hydroxylation is 1. The summed E-state index contributed by atoms with van der Waals surface area (Å²) in [6, 6.07) is 16.7. The average molecular weight is 596 g/mol. The zero-order valence-corrected chi connectivity index (χ0v) is 25.1. The number of aliphatic hydroxyl groups is 1. The molecule has 1 amide bonds. The van der Waals surface area contributed by atoms with Crippen molar-refractivity contribution in [2.24, 2.45) is 5.92 Å². The fraction of sp³-hybridized carbons (Fsp3) is 0.387. The fourth-order valence-corrected chi connectivity index (χ4v) is 6.21. The van der Waals surface area contributed by atoms with Crippen LogP contribution in [0.3, 0.4) is 0 Å². The number of sulfonamides is 1. The number of carbonyl (C=O) groups excluding carboxylic acids is 1. The molecule has 42 heavy (non-hydrogen) atoms. The summed E-state index contributed by atoms with van der Waals surface area (Å²) in [6.07, 6.45) is -0.292. The van der Waals surface area contributed by atoms with E-state index in [1.807, 2.05) is 39.1 Å². The number of hydrogen-bond donors (Lipinski definition) is 2. The van der Waals surface area contributed by atoms with E-state index in [9.17, 15) is 18.3 Å². The minimum absolute atomic E-state index is 0.0602. The second-order valence-corrected chi connectivity index (χ2v) is 12.8. The Morgan fingerprint density at radius 1 is 1.05 bits per heavy atom. The Morgan fingerprint density at radius 2 is 1.76 bits per heavy atom. The van der Waals surface area contributed by atoms with Crippen molar-refractivity contribution in [2.75, 3.05) is 38.3 Å². The molecule has 0 aromatic heterocycles. The van der Waals surface area contributed by atoms with Crippen LogP contribution in [0.15, 0.2) is 65.6 Å². The van der Waals surface area contributed by atoms with E-state index < -0.39 is 16.1 Å². The minimum atomic E-state index is -3.87. The Labute approximate surface area is 246 Å². The Hall–Kier alpha value is -3.80. The quantitative estimate of drug-likeness (QED) is 0.383. The maximum absolute atomic E-state index is 13.7. The van der Waals surface area contributed by atoms with Gasteiger partial charge in [0.1, 0.15) is 11.9 Å². The van der Waals surface area contributed by atoms with Crippen LogP contribution in [-0.2, 0) is 16.6 Å². The summed E-state index contributed by atoms with van der Waals surface area (Å²) in [5.74, 6) is 1.43. The van der Waals surface area contributed by atoms with Crippen molar-refractivity contribution in [3.05, 3.63) is 77.4 Å². The molecule has 0 saturated carbocycles. The maximum Gasteiger partial charge on any atom is 0.261 e. The molecule has 2 N–H and O–H groups in total. The van der Waals surface area contributed by atoms with E-state index in [4.69, 9.17) is 14.2 Å². The summed E-state index contributed by atoms with van der Waals surface area (Å²) in [7, 11) is -1.87. The third-order valence-corrected chi connectivity index (χ3v) is 9.03. The van der Waals surface area contributed by atoms with Crippen LogP contribution >= 0.6 is 0 Å². The van der Waals surface area contributed by atoms with Crippen molar-refractivity contribution in [3.8, 4) is 17.2 Å². The van der Waals surface area contributed by atoms with E-state index >= 15 is 0 Å². The van der Waals surface area contributed by atoms with Gasteiger partial charge in [0.05, 0.1) is 23.1 Å². The number of anilines is 1. The number of aliphatic hydroxyl groups excluding tert-OH is 1. The van der Waals surface area contributed by atoms with Gasteiger partial charge in [0.25, 0.3) is 15.9 Å². The third-order valence-electron chi connectivity index (χ3n) is 7.63. The first-order chi connectivity index (χ1) is 20.0. The molecular weight excluding hydrogens is 558 g/mol. The van der Waals surface area contributed by atoms with Crippen molar-refractivity contribution in [3.63, 3.8) is 0 Å². The summed E-state index contributed by atoms with van der Waals surface area (Å²) >= 11 is 0. The highest BCUT2D eigenvalue weighted by Crippen LogP contribution is 2.34. The highest BCUT2D eigenvalue weighted by molar-refractivity contribution is 7.92. The maximum atomic E-state index is 13.7. The average Bonchev–Trinajstić information content (AvgIpc) is 3.43. The highest BCUT2D eigenvalue weighted by atomic mass is 32.2. The molecule has 10 nitrogen and oxygen atoms in total. The van der Waals surface area contributed by atoms with E-state index in [1.54, 1.807) is 36.1 Å². The van der Waals surface area contributed by atoms with Crippen LogP contribution < -0.4 is 18.9 Å². The zero-order chi connectivity index (χ0) is 30.0. The van der Waals surface area contributed by atoms with Gasteiger partial charge in [0.2, 0.25) is 6.79 Å². The lowest BCUT2D eigenvalue weighted by molar-refractivity contribution is 0.0341. The van der Waals surface area contributed by atoms with Gasteiger partial charge in [-0.3, -0.25) is 14.4 Å². The fourth-order valence-electron chi connectivity index (χ4n) is 5.16. The first kappa shape index (κ1) is 29.7. The molecule has 3 aromatic rings. The van der Waals surface area contributed by atoms with E-state index in [2.05, 4.69) is 9.62 Å². The van der Waals surface area contributed by atoms with Crippen molar-refractivity contribution < 1.29 is 32.5 Å². The van der Waals surface area contributed by atoms with Crippen LogP contribution in [0.4, 0.5) is 5.69 Å². The van der Waals surface area contributed by atoms with Crippen LogP contribution in [-0.4, -0.2) is 74.9 Å².